The van der Waals surface area contributed by atoms with Gasteiger partial charge in [0.05, 0.1) is 36.4 Å². The number of nitrogens with zero attached hydrogens (tertiary/aromatic N) is 4. The number of nitriles is 2. The Morgan fingerprint density at radius 3 is 2.95 bits per heavy atom. The second-order valence-corrected chi connectivity index (χ2v) is 4.59. The first kappa shape index (κ1) is 12.4. The number of para-hydroxylation sites is 1. The molecule has 1 aliphatic heterocycles. The number of aromatic nitrogens is 1. The van der Waals surface area contributed by atoms with E-state index in [1.165, 1.54) is 0 Å². The Balaban J connectivity index is 2.04. The fourth-order valence-electron chi connectivity index (χ4n) is 2.35. The minimum Gasteiger partial charge on any atom is -0.360 e. The van der Waals surface area contributed by atoms with E-state index in [2.05, 4.69) is 17.1 Å². The number of anilines is 1. The summed E-state index contributed by atoms with van der Waals surface area (Å²) in [5.41, 5.74) is 1.40. The molecule has 1 unspecified atom stereocenters. The van der Waals surface area contributed by atoms with Gasteiger partial charge >= 0.3 is 0 Å². The molecule has 1 aromatic heterocycles. The van der Waals surface area contributed by atoms with Crippen molar-refractivity contribution in [1.82, 2.24) is 4.98 Å². The molecule has 1 saturated heterocycles. The average Bonchev–Trinajstić information content (AvgIpc) is 2.53. The molecular weight excluding hydrogens is 252 g/mol. The van der Waals surface area contributed by atoms with Gasteiger partial charge in [0, 0.05) is 11.9 Å². The van der Waals surface area contributed by atoms with Crippen molar-refractivity contribution in [2.75, 3.05) is 24.6 Å². The van der Waals surface area contributed by atoms with Crippen LogP contribution in [0, 0.1) is 22.7 Å². The first-order valence-corrected chi connectivity index (χ1v) is 6.38. The molecule has 1 aromatic carbocycles. The molecule has 1 aliphatic rings. The van der Waals surface area contributed by atoms with E-state index in [9.17, 15) is 5.26 Å². The third-order valence-electron chi connectivity index (χ3n) is 3.36. The lowest BCUT2D eigenvalue weighted by atomic mass is 10.1. The molecule has 0 bridgehead atoms. The molecule has 0 spiro atoms. The van der Waals surface area contributed by atoms with Crippen LogP contribution in [0.15, 0.2) is 30.3 Å². The van der Waals surface area contributed by atoms with E-state index in [0.717, 1.165) is 16.7 Å². The highest BCUT2D eigenvalue weighted by Crippen LogP contribution is 2.23. The van der Waals surface area contributed by atoms with Crippen molar-refractivity contribution in [3.8, 4) is 12.1 Å². The predicted octanol–water partition coefficient (Wildman–Crippen LogP) is 1.84. The largest absolute Gasteiger partial charge is 0.360 e. The number of hydrogen-bond acceptors (Lipinski definition) is 5. The van der Waals surface area contributed by atoms with Crippen LogP contribution < -0.4 is 4.90 Å². The van der Waals surface area contributed by atoms with Gasteiger partial charge in [-0.1, -0.05) is 18.2 Å². The minimum atomic E-state index is -0.442. The predicted molar refractivity (Wildman–Crippen MR) is 74.0 cm³/mol. The fourth-order valence-corrected chi connectivity index (χ4v) is 2.35. The summed E-state index contributed by atoms with van der Waals surface area (Å²) in [6, 6.07) is 13.7. The first-order chi connectivity index (χ1) is 9.81. The van der Waals surface area contributed by atoms with E-state index in [1.807, 2.05) is 29.2 Å². The molecule has 1 atom stereocenters. The number of morpholine rings is 1. The summed E-state index contributed by atoms with van der Waals surface area (Å²) in [6.07, 6.45) is -0.442. The first-order valence-electron chi connectivity index (χ1n) is 6.38. The summed E-state index contributed by atoms with van der Waals surface area (Å²) < 4.78 is 5.33. The van der Waals surface area contributed by atoms with Crippen molar-refractivity contribution < 1.29 is 4.74 Å². The van der Waals surface area contributed by atoms with Gasteiger partial charge in [0.25, 0.3) is 0 Å². The second kappa shape index (κ2) is 5.16. The summed E-state index contributed by atoms with van der Waals surface area (Å²) in [5, 5.41) is 19.1. The van der Waals surface area contributed by atoms with E-state index in [0.29, 0.717) is 25.3 Å². The van der Waals surface area contributed by atoms with Gasteiger partial charge in [-0.15, -0.1) is 0 Å². The topological polar surface area (TPSA) is 72.9 Å². The van der Waals surface area contributed by atoms with Crippen LogP contribution in [0.3, 0.4) is 0 Å². The number of ether oxygens (including phenoxy) is 1. The average molecular weight is 264 g/mol. The Morgan fingerprint density at radius 1 is 1.30 bits per heavy atom. The monoisotopic (exact) mass is 264 g/mol. The molecule has 2 aromatic rings. The van der Waals surface area contributed by atoms with E-state index in [-0.39, 0.29) is 0 Å². The molecular formula is C15H12N4O. The zero-order chi connectivity index (χ0) is 13.9. The van der Waals surface area contributed by atoms with E-state index >= 15 is 0 Å². The van der Waals surface area contributed by atoms with Crippen molar-refractivity contribution in [3.63, 3.8) is 0 Å². The second-order valence-electron chi connectivity index (χ2n) is 4.59. The molecule has 1 fully saturated rings. The SMILES string of the molecule is N#Cc1cc(N2CCOC(C#N)C2)nc2ccccc12. The van der Waals surface area contributed by atoms with Gasteiger partial charge in [0.2, 0.25) is 0 Å². The molecule has 0 aliphatic carbocycles. The molecule has 3 rings (SSSR count). The molecule has 20 heavy (non-hydrogen) atoms. The van der Waals surface area contributed by atoms with Crippen LogP contribution in [0.5, 0.6) is 0 Å². The van der Waals surface area contributed by atoms with Crippen molar-refractivity contribution in [3.05, 3.63) is 35.9 Å². The highest BCUT2D eigenvalue weighted by atomic mass is 16.5. The van der Waals surface area contributed by atoms with Crippen LogP contribution in [0.1, 0.15) is 5.56 Å². The van der Waals surface area contributed by atoms with Crippen LogP contribution in [0.4, 0.5) is 5.82 Å². The molecule has 5 nitrogen and oxygen atoms in total. The summed E-state index contributed by atoms with van der Waals surface area (Å²) >= 11 is 0. The maximum Gasteiger partial charge on any atom is 0.161 e. The quantitative estimate of drug-likeness (QED) is 0.785. The van der Waals surface area contributed by atoms with Gasteiger partial charge in [-0.05, 0) is 12.1 Å². The normalized spacial score (nSPS) is 18.5. The van der Waals surface area contributed by atoms with E-state index < -0.39 is 6.10 Å². The molecule has 0 radical (unpaired) electrons. The van der Waals surface area contributed by atoms with Crippen molar-refractivity contribution in [2.45, 2.75) is 6.10 Å². The van der Waals surface area contributed by atoms with E-state index in [1.54, 1.807) is 6.07 Å². The van der Waals surface area contributed by atoms with Crippen LogP contribution in [0.2, 0.25) is 0 Å². The van der Waals surface area contributed by atoms with Crippen LogP contribution in [-0.2, 0) is 4.74 Å². The van der Waals surface area contributed by atoms with Crippen LogP contribution >= 0.6 is 0 Å². The number of hydrogen-bond donors (Lipinski definition) is 0. The number of rotatable bonds is 1. The molecule has 0 saturated carbocycles. The lowest BCUT2D eigenvalue weighted by molar-refractivity contribution is 0.0762. The standard InChI is InChI=1S/C15H12N4O/c16-8-11-7-15(18-14-4-2-1-3-13(11)14)19-5-6-20-12(9-17)10-19/h1-4,7,12H,5-6,10H2. The Labute approximate surface area is 116 Å². The van der Waals surface area contributed by atoms with Gasteiger partial charge in [-0.2, -0.15) is 10.5 Å². The smallest absolute Gasteiger partial charge is 0.161 e. The maximum atomic E-state index is 9.28. The Bertz CT molecular complexity index is 729. The van der Waals surface area contributed by atoms with Crippen molar-refractivity contribution in [1.29, 1.82) is 10.5 Å². The van der Waals surface area contributed by atoms with Gasteiger partial charge in [0.1, 0.15) is 5.82 Å². The third kappa shape index (κ3) is 2.16. The number of benzene rings is 1. The molecule has 5 heteroatoms. The van der Waals surface area contributed by atoms with Crippen molar-refractivity contribution >= 4 is 16.7 Å². The van der Waals surface area contributed by atoms with Crippen LogP contribution in [0.25, 0.3) is 10.9 Å². The zero-order valence-electron chi connectivity index (χ0n) is 10.8. The minimum absolute atomic E-state index is 0.442. The molecule has 2 heterocycles. The molecule has 0 N–H and O–H groups in total. The zero-order valence-corrected chi connectivity index (χ0v) is 10.8. The Morgan fingerprint density at radius 2 is 2.15 bits per heavy atom. The summed E-state index contributed by atoms with van der Waals surface area (Å²) in [5.74, 6) is 0.726. The highest BCUT2D eigenvalue weighted by Gasteiger charge is 2.21. The fraction of sp³-hybridized carbons (Fsp3) is 0.267. The van der Waals surface area contributed by atoms with Gasteiger partial charge in [-0.3, -0.25) is 0 Å². The van der Waals surface area contributed by atoms with Gasteiger partial charge < -0.3 is 9.64 Å². The summed E-state index contributed by atoms with van der Waals surface area (Å²) in [4.78, 5) is 6.58. The molecule has 98 valence electrons. The van der Waals surface area contributed by atoms with Gasteiger partial charge in [-0.25, -0.2) is 4.98 Å². The third-order valence-corrected chi connectivity index (χ3v) is 3.36. The highest BCUT2D eigenvalue weighted by molar-refractivity contribution is 5.86. The van der Waals surface area contributed by atoms with Crippen LogP contribution in [-0.4, -0.2) is 30.8 Å². The van der Waals surface area contributed by atoms with Gasteiger partial charge in [0.15, 0.2) is 6.10 Å². The number of pyridine rings is 1. The van der Waals surface area contributed by atoms with E-state index in [4.69, 9.17) is 10.00 Å². The lowest BCUT2D eigenvalue weighted by Crippen LogP contribution is -2.42. The Hall–Kier alpha value is -2.63. The maximum absolute atomic E-state index is 9.28. The molecule has 0 amide bonds. The summed E-state index contributed by atoms with van der Waals surface area (Å²) in [6.45, 7) is 1.65. The van der Waals surface area contributed by atoms with Crippen molar-refractivity contribution in [2.24, 2.45) is 0 Å². The number of fused-ring (bicyclic) bond motifs is 1. The lowest BCUT2D eigenvalue weighted by Gasteiger charge is -2.30. The Kier molecular flexibility index (Phi) is 3.20. The summed E-state index contributed by atoms with van der Waals surface area (Å²) in [7, 11) is 0.